The topological polar surface area (TPSA) is 64.6 Å². The van der Waals surface area contributed by atoms with Crippen LogP contribution >= 0.6 is 0 Å². The zero-order valence-electron chi connectivity index (χ0n) is 14.2. The third-order valence-corrected chi connectivity index (χ3v) is 3.52. The molecule has 0 radical (unpaired) electrons. The summed E-state index contributed by atoms with van der Waals surface area (Å²) in [6.07, 6.45) is -0.311. The average molecular weight is 363 g/mol. The number of carbonyl (C=O) groups excluding carboxylic acids is 2. The van der Waals surface area contributed by atoms with E-state index in [-0.39, 0.29) is 11.3 Å². The predicted molar refractivity (Wildman–Crippen MR) is 91.1 cm³/mol. The van der Waals surface area contributed by atoms with Gasteiger partial charge in [0.1, 0.15) is 5.75 Å². The van der Waals surface area contributed by atoms with E-state index in [1.165, 1.54) is 31.2 Å². The van der Waals surface area contributed by atoms with Crippen molar-refractivity contribution in [2.24, 2.45) is 0 Å². The fourth-order valence-electron chi connectivity index (χ4n) is 2.17. The lowest BCUT2D eigenvalue weighted by molar-refractivity contribution is -0.129. The molecule has 0 aliphatic heterocycles. The van der Waals surface area contributed by atoms with Crippen LogP contribution in [0.4, 0.5) is 8.78 Å². The molecule has 0 heterocycles. The molecule has 1 atom stereocenters. The Kier molecular flexibility index (Phi) is 7.08. The van der Waals surface area contributed by atoms with Crippen LogP contribution in [0.1, 0.15) is 22.8 Å². The Morgan fingerprint density at radius 3 is 2.31 bits per heavy atom. The molecule has 2 aromatic carbocycles. The van der Waals surface area contributed by atoms with Crippen LogP contribution in [0.2, 0.25) is 0 Å². The van der Waals surface area contributed by atoms with Gasteiger partial charge in [0.25, 0.3) is 5.91 Å². The SMILES string of the molecule is C[C@H](OC(=O)c1ccc(OC(F)F)cc1)C(=O)NCCc1ccccc1. The number of rotatable bonds is 8. The highest BCUT2D eigenvalue weighted by atomic mass is 19.3. The van der Waals surface area contributed by atoms with E-state index in [9.17, 15) is 18.4 Å². The maximum atomic E-state index is 12.1. The number of alkyl halides is 2. The molecule has 0 saturated heterocycles. The van der Waals surface area contributed by atoms with E-state index in [4.69, 9.17) is 4.74 Å². The molecule has 26 heavy (non-hydrogen) atoms. The summed E-state index contributed by atoms with van der Waals surface area (Å²) in [6, 6.07) is 14.7. The molecule has 0 bridgehead atoms. The molecule has 1 amide bonds. The van der Waals surface area contributed by atoms with Crippen molar-refractivity contribution in [2.45, 2.75) is 26.1 Å². The van der Waals surface area contributed by atoms with E-state index >= 15 is 0 Å². The van der Waals surface area contributed by atoms with Crippen LogP contribution in [0.15, 0.2) is 54.6 Å². The molecule has 0 aliphatic rings. The number of hydrogen-bond donors (Lipinski definition) is 1. The number of nitrogens with one attached hydrogen (secondary N) is 1. The molecule has 0 aromatic heterocycles. The van der Waals surface area contributed by atoms with Crippen LogP contribution in [0.5, 0.6) is 5.75 Å². The lowest BCUT2D eigenvalue weighted by atomic mass is 10.1. The Hall–Kier alpha value is -2.96. The summed E-state index contributed by atoms with van der Waals surface area (Å²) in [5.41, 5.74) is 1.22. The quantitative estimate of drug-likeness (QED) is 0.732. The van der Waals surface area contributed by atoms with Gasteiger partial charge in [-0.25, -0.2) is 4.79 Å². The average Bonchev–Trinajstić information content (AvgIpc) is 2.62. The number of hydrogen-bond acceptors (Lipinski definition) is 4. The van der Waals surface area contributed by atoms with Crippen LogP contribution in [0.25, 0.3) is 0 Å². The van der Waals surface area contributed by atoms with Crippen molar-refractivity contribution >= 4 is 11.9 Å². The van der Waals surface area contributed by atoms with Crippen LogP contribution in [-0.2, 0) is 16.0 Å². The number of esters is 1. The second-order valence-corrected chi connectivity index (χ2v) is 5.48. The van der Waals surface area contributed by atoms with Gasteiger partial charge >= 0.3 is 12.6 Å². The highest BCUT2D eigenvalue weighted by Crippen LogP contribution is 2.15. The van der Waals surface area contributed by atoms with Crippen molar-refractivity contribution in [3.8, 4) is 5.75 Å². The third kappa shape index (κ3) is 6.16. The van der Waals surface area contributed by atoms with E-state index in [2.05, 4.69) is 10.1 Å². The van der Waals surface area contributed by atoms with Gasteiger partial charge in [-0.1, -0.05) is 30.3 Å². The summed E-state index contributed by atoms with van der Waals surface area (Å²) in [5.74, 6) is -1.20. The number of halogens is 2. The van der Waals surface area contributed by atoms with Gasteiger partial charge in [-0.2, -0.15) is 8.78 Å². The van der Waals surface area contributed by atoms with Gasteiger partial charge in [0.05, 0.1) is 5.56 Å². The van der Waals surface area contributed by atoms with Gasteiger partial charge in [0, 0.05) is 6.54 Å². The summed E-state index contributed by atoms with van der Waals surface area (Å²) >= 11 is 0. The largest absolute Gasteiger partial charge is 0.449 e. The normalized spacial score (nSPS) is 11.7. The lowest BCUT2D eigenvalue weighted by Gasteiger charge is -2.14. The molecule has 5 nitrogen and oxygen atoms in total. The van der Waals surface area contributed by atoms with Crippen LogP contribution in [-0.4, -0.2) is 31.1 Å². The van der Waals surface area contributed by atoms with Crippen LogP contribution in [0.3, 0.4) is 0 Å². The molecule has 2 rings (SSSR count). The number of carbonyl (C=O) groups is 2. The second-order valence-electron chi connectivity index (χ2n) is 5.48. The van der Waals surface area contributed by atoms with Gasteiger partial charge in [-0.05, 0) is 43.2 Å². The van der Waals surface area contributed by atoms with Crippen molar-refractivity contribution in [1.82, 2.24) is 5.32 Å². The first-order chi connectivity index (χ1) is 12.5. The first-order valence-electron chi connectivity index (χ1n) is 8.03. The molecule has 0 unspecified atom stereocenters. The van der Waals surface area contributed by atoms with E-state index in [0.717, 1.165) is 5.56 Å². The van der Waals surface area contributed by atoms with Gasteiger partial charge in [0.15, 0.2) is 6.10 Å². The Morgan fingerprint density at radius 1 is 1.04 bits per heavy atom. The molecule has 0 aliphatic carbocycles. The molecule has 138 valence electrons. The molecule has 0 saturated carbocycles. The van der Waals surface area contributed by atoms with E-state index in [0.29, 0.717) is 13.0 Å². The van der Waals surface area contributed by atoms with Crippen molar-refractivity contribution in [3.05, 3.63) is 65.7 Å². The van der Waals surface area contributed by atoms with Crippen LogP contribution < -0.4 is 10.1 Å². The Balaban J connectivity index is 1.79. The van der Waals surface area contributed by atoms with Gasteiger partial charge < -0.3 is 14.8 Å². The summed E-state index contributed by atoms with van der Waals surface area (Å²) < 4.78 is 33.5. The summed E-state index contributed by atoms with van der Waals surface area (Å²) in [4.78, 5) is 24.0. The number of benzene rings is 2. The highest BCUT2D eigenvalue weighted by Gasteiger charge is 2.18. The molecule has 0 spiro atoms. The summed E-state index contributed by atoms with van der Waals surface area (Å²) in [7, 11) is 0. The maximum Gasteiger partial charge on any atom is 0.387 e. The molecule has 1 N–H and O–H groups in total. The van der Waals surface area contributed by atoms with Crippen molar-refractivity contribution in [1.29, 1.82) is 0 Å². The third-order valence-electron chi connectivity index (χ3n) is 3.52. The smallest absolute Gasteiger partial charge is 0.387 e. The number of amides is 1. The van der Waals surface area contributed by atoms with E-state index < -0.39 is 24.6 Å². The Morgan fingerprint density at radius 2 is 1.69 bits per heavy atom. The van der Waals surface area contributed by atoms with E-state index in [1.807, 2.05) is 30.3 Å². The molecular weight excluding hydrogens is 344 g/mol. The first kappa shape index (κ1) is 19.4. The first-order valence-corrected chi connectivity index (χ1v) is 8.03. The maximum absolute atomic E-state index is 12.1. The van der Waals surface area contributed by atoms with Gasteiger partial charge in [0.2, 0.25) is 0 Å². The number of ether oxygens (including phenoxy) is 2. The highest BCUT2D eigenvalue weighted by molar-refractivity contribution is 5.92. The molecule has 7 heteroatoms. The van der Waals surface area contributed by atoms with Crippen molar-refractivity contribution in [3.63, 3.8) is 0 Å². The predicted octanol–water partition coefficient (Wildman–Crippen LogP) is 3.19. The fourth-order valence-corrected chi connectivity index (χ4v) is 2.17. The van der Waals surface area contributed by atoms with E-state index in [1.54, 1.807) is 0 Å². The zero-order chi connectivity index (χ0) is 18.9. The lowest BCUT2D eigenvalue weighted by Crippen LogP contribution is -2.36. The molecule has 2 aromatic rings. The summed E-state index contributed by atoms with van der Waals surface area (Å²) in [5, 5.41) is 2.70. The molecule has 0 fully saturated rings. The standard InChI is InChI=1S/C19H19F2NO4/c1-13(17(23)22-12-11-14-5-3-2-4-6-14)25-18(24)15-7-9-16(10-8-15)26-19(20)21/h2-10,13,19H,11-12H2,1H3,(H,22,23)/t13-/m0/s1. The Bertz CT molecular complexity index is 720. The monoisotopic (exact) mass is 363 g/mol. The zero-order valence-corrected chi connectivity index (χ0v) is 14.2. The van der Waals surface area contributed by atoms with Gasteiger partial charge in [-0.3, -0.25) is 4.79 Å². The van der Waals surface area contributed by atoms with Crippen molar-refractivity contribution in [2.75, 3.05) is 6.54 Å². The minimum absolute atomic E-state index is 0.0664. The Labute approximate surface area is 149 Å². The minimum atomic E-state index is -2.94. The van der Waals surface area contributed by atoms with Crippen molar-refractivity contribution < 1.29 is 27.8 Å². The summed E-state index contributed by atoms with van der Waals surface area (Å²) in [6.45, 7) is -1.05. The minimum Gasteiger partial charge on any atom is -0.449 e. The van der Waals surface area contributed by atoms with Crippen LogP contribution in [0, 0.1) is 0 Å². The fraction of sp³-hybridized carbons (Fsp3) is 0.263. The molecular formula is C19H19F2NO4. The van der Waals surface area contributed by atoms with Gasteiger partial charge in [-0.15, -0.1) is 0 Å². The second kappa shape index (κ2) is 9.50.